The first-order valence-corrected chi connectivity index (χ1v) is 50.0. The number of unbranched alkanes of at least 4 members (excludes halogenated alkanes) is 59. The van der Waals surface area contributed by atoms with Gasteiger partial charge in [0, 0.05) is 25.7 Å². The van der Waals surface area contributed by atoms with E-state index in [0.29, 0.717) is 25.7 Å². The molecule has 0 fully saturated rings. The third kappa shape index (κ3) is 82.6. The van der Waals surface area contributed by atoms with Crippen molar-refractivity contribution in [3.8, 4) is 0 Å². The molecule has 0 aromatic rings. The Bertz CT molecular complexity index is 2100. The molecule has 0 aliphatic rings. The lowest BCUT2D eigenvalue weighted by molar-refractivity contribution is -0.161. The van der Waals surface area contributed by atoms with Crippen molar-refractivity contribution in [1.82, 2.24) is 0 Å². The van der Waals surface area contributed by atoms with Crippen molar-refractivity contribution in [2.75, 3.05) is 39.6 Å². The molecule has 0 saturated heterocycles. The zero-order valence-corrected chi connectivity index (χ0v) is 74.4. The first-order chi connectivity index (χ1) is 53.4. The minimum atomic E-state index is -4.97. The van der Waals surface area contributed by atoms with Crippen molar-refractivity contribution in [2.24, 2.45) is 11.8 Å². The van der Waals surface area contributed by atoms with Gasteiger partial charge in [-0.05, 0) is 37.5 Å². The van der Waals surface area contributed by atoms with Crippen molar-refractivity contribution < 1.29 is 80.2 Å². The molecule has 3 N–H and O–H groups in total. The molecule has 17 nitrogen and oxygen atoms in total. The summed E-state index contributed by atoms with van der Waals surface area (Å²) in [5.74, 6) is -0.432. The van der Waals surface area contributed by atoms with Crippen molar-refractivity contribution in [3.05, 3.63) is 0 Å². The number of aliphatic hydroxyl groups is 1. The second kappa shape index (κ2) is 82.2. The lowest BCUT2D eigenvalue weighted by atomic mass is 9.99. The Labute approximate surface area is 677 Å². The van der Waals surface area contributed by atoms with Crippen molar-refractivity contribution in [2.45, 2.75) is 509 Å². The van der Waals surface area contributed by atoms with Crippen LogP contribution in [0.25, 0.3) is 0 Å². The Morgan fingerprint density at radius 1 is 0.264 bits per heavy atom. The monoisotopic (exact) mass is 1610 g/mol. The highest BCUT2D eigenvalue weighted by molar-refractivity contribution is 7.47. The second-order valence-electron chi connectivity index (χ2n) is 33.4. The van der Waals surface area contributed by atoms with E-state index >= 15 is 0 Å². The standard InChI is InChI=1S/C91H178O17P2/c1-7-10-12-14-16-18-19-20-21-22-23-24-25-26-30-33-39-44-50-56-62-68-74-89(94)102-80-87(108-91(96)75-69-63-57-51-45-40-34-31-28-27-29-32-38-43-49-54-60-66-72-84(6)9-3)82-106-110(99,100)104-78-85(92)77-103-109(97,98)105-81-86(79-101-88(93)73-67-61-55-47-17-15-13-11-8-2)107-90(95)76-70-64-58-52-46-41-36-35-37-42-48-53-59-65-71-83(4)5/h83-87,92H,7-82H2,1-6H3,(H,97,98)(H,99,100)/t84?,85-,86+,87+/m0/s1. The van der Waals surface area contributed by atoms with E-state index in [-0.39, 0.29) is 25.7 Å². The van der Waals surface area contributed by atoms with E-state index in [1.165, 1.54) is 308 Å². The van der Waals surface area contributed by atoms with E-state index in [4.69, 9.17) is 37.0 Å². The maximum absolute atomic E-state index is 13.2. The number of hydrogen-bond acceptors (Lipinski definition) is 15. The number of carbonyl (C=O) groups excluding carboxylic acids is 4. The SMILES string of the molecule is CCCCCCCCCCCCCCCCCCCCCCCCC(=O)OC[C@H](COP(=O)(O)OC[C@@H](O)COP(=O)(O)OC[C@@H](COC(=O)CCCCCCCCCCC)OC(=O)CCCCCCCCCCCCCCCCC(C)C)OC(=O)CCCCCCCCCCCCCCCCCCCCC(C)CC. The molecule has 19 heteroatoms. The van der Waals surface area contributed by atoms with Gasteiger partial charge in [-0.2, -0.15) is 0 Å². The van der Waals surface area contributed by atoms with Crippen LogP contribution in [-0.4, -0.2) is 96.7 Å². The molecule has 0 radical (unpaired) electrons. The fourth-order valence-electron chi connectivity index (χ4n) is 14.3. The molecule has 0 rings (SSSR count). The van der Waals surface area contributed by atoms with Crippen LogP contribution in [0.3, 0.4) is 0 Å². The van der Waals surface area contributed by atoms with Gasteiger partial charge in [-0.3, -0.25) is 37.3 Å². The van der Waals surface area contributed by atoms with Gasteiger partial charge in [-0.15, -0.1) is 0 Å². The van der Waals surface area contributed by atoms with Crippen LogP contribution in [0.2, 0.25) is 0 Å². The Morgan fingerprint density at radius 2 is 0.464 bits per heavy atom. The molecule has 6 atom stereocenters. The van der Waals surface area contributed by atoms with Crippen LogP contribution in [0.15, 0.2) is 0 Å². The first-order valence-electron chi connectivity index (χ1n) is 47.0. The second-order valence-corrected chi connectivity index (χ2v) is 36.3. The molecule has 654 valence electrons. The molecule has 0 amide bonds. The summed E-state index contributed by atoms with van der Waals surface area (Å²) < 4.78 is 69.0. The van der Waals surface area contributed by atoms with Crippen molar-refractivity contribution >= 4 is 39.5 Å². The highest BCUT2D eigenvalue weighted by atomic mass is 31.2. The predicted octanol–water partition coefficient (Wildman–Crippen LogP) is 28.2. The summed E-state index contributed by atoms with van der Waals surface area (Å²) >= 11 is 0. The summed E-state index contributed by atoms with van der Waals surface area (Å²) in [5, 5.41) is 10.7. The van der Waals surface area contributed by atoms with Gasteiger partial charge in [0.1, 0.15) is 19.3 Å². The largest absolute Gasteiger partial charge is 0.472 e. The van der Waals surface area contributed by atoms with Crippen LogP contribution >= 0.6 is 15.6 Å². The predicted molar refractivity (Wildman–Crippen MR) is 455 cm³/mol. The summed E-state index contributed by atoms with van der Waals surface area (Å²) in [7, 11) is -9.93. The van der Waals surface area contributed by atoms with Gasteiger partial charge in [0.15, 0.2) is 12.2 Å². The normalized spacial score (nSPS) is 14.0. The third-order valence-electron chi connectivity index (χ3n) is 21.8. The van der Waals surface area contributed by atoms with Crippen LogP contribution < -0.4 is 0 Å². The average molecular weight is 1610 g/mol. The fraction of sp³-hybridized carbons (Fsp3) is 0.956. The van der Waals surface area contributed by atoms with E-state index in [0.717, 1.165) is 102 Å². The summed E-state index contributed by atoms with van der Waals surface area (Å²) in [5.41, 5.74) is 0. The highest BCUT2D eigenvalue weighted by Gasteiger charge is 2.31. The molecule has 0 heterocycles. The Hall–Kier alpha value is -1.94. The van der Waals surface area contributed by atoms with E-state index < -0.39 is 97.5 Å². The summed E-state index contributed by atoms with van der Waals surface area (Å²) in [4.78, 5) is 73.3. The molecule has 3 unspecified atom stereocenters. The average Bonchev–Trinajstić information content (AvgIpc) is 0.897. The van der Waals surface area contributed by atoms with Gasteiger partial charge in [-0.1, -0.05) is 440 Å². The lowest BCUT2D eigenvalue weighted by Crippen LogP contribution is -2.30. The van der Waals surface area contributed by atoms with E-state index in [1.54, 1.807) is 0 Å². The maximum Gasteiger partial charge on any atom is 0.472 e. The molecule has 110 heavy (non-hydrogen) atoms. The lowest BCUT2D eigenvalue weighted by Gasteiger charge is -2.21. The number of ether oxygens (including phenoxy) is 4. The van der Waals surface area contributed by atoms with Gasteiger partial charge in [0.25, 0.3) is 0 Å². The smallest absolute Gasteiger partial charge is 0.462 e. The summed E-state index contributed by atoms with van der Waals surface area (Å²) in [6, 6.07) is 0. The number of rotatable bonds is 90. The topological polar surface area (TPSA) is 237 Å². The summed E-state index contributed by atoms with van der Waals surface area (Å²) in [6.45, 7) is 9.77. The number of phosphoric acid groups is 2. The number of aliphatic hydroxyl groups excluding tert-OH is 1. The van der Waals surface area contributed by atoms with Gasteiger partial charge < -0.3 is 33.8 Å². The molecule has 0 bridgehead atoms. The maximum atomic E-state index is 13.2. The van der Waals surface area contributed by atoms with Crippen molar-refractivity contribution in [3.63, 3.8) is 0 Å². The third-order valence-corrected chi connectivity index (χ3v) is 23.7. The Balaban J connectivity index is 5.19. The minimum Gasteiger partial charge on any atom is -0.462 e. The van der Waals surface area contributed by atoms with Gasteiger partial charge >= 0.3 is 39.5 Å². The molecular weight excluding hydrogens is 1430 g/mol. The zero-order chi connectivity index (χ0) is 80.6. The van der Waals surface area contributed by atoms with Crippen molar-refractivity contribution in [1.29, 1.82) is 0 Å². The fourth-order valence-corrected chi connectivity index (χ4v) is 15.9. The molecule has 0 aromatic heterocycles. The number of esters is 4. The molecule has 0 saturated carbocycles. The zero-order valence-electron chi connectivity index (χ0n) is 72.6. The minimum absolute atomic E-state index is 0.108. The van der Waals surface area contributed by atoms with E-state index in [2.05, 4.69) is 41.5 Å². The van der Waals surface area contributed by atoms with Crippen LogP contribution in [0.1, 0.15) is 491 Å². The van der Waals surface area contributed by atoms with Crippen LogP contribution in [0.4, 0.5) is 0 Å². The number of phosphoric ester groups is 2. The Morgan fingerprint density at radius 3 is 0.691 bits per heavy atom. The Kier molecular flexibility index (Phi) is 80.7. The van der Waals surface area contributed by atoms with Gasteiger partial charge in [0.2, 0.25) is 0 Å². The number of carbonyl (C=O) groups is 4. The molecular formula is C91H178O17P2. The number of hydrogen-bond donors (Lipinski definition) is 3. The van der Waals surface area contributed by atoms with Crippen LogP contribution in [-0.2, 0) is 65.4 Å². The molecule has 0 aromatic carbocycles. The summed E-state index contributed by atoms with van der Waals surface area (Å²) in [6.07, 6.45) is 76.6. The van der Waals surface area contributed by atoms with Gasteiger partial charge in [0.05, 0.1) is 26.4 Å². The highest BCUT2D eigenvalue weighted by Crippen LogP contribution is 2.45. The van der Waals surface area contributed by atoms with E-state index in [9.17, 15) is 43.2 Å². The quantitative estimate of drug-likeness (QED) is 0.0222. The first kappa shape index (κ1) is 108. The molecule has 0 aliphatic carbocycles. The van der Waals surface area contributed by atoms with E-state index in [1.807, 2.05) is 0 Å². The molecule has 0 spiro atoms. The molecule has 0 aliphatic heterocycles. The van der Waals surface area contributed by atoms with Gasteiger partial charge in [-0.25, -0.2) is 9.13 Å². The van der Waals surface area contributed by atoms with Crippen LogP contribution in [0.5, 0.6) is 0 Å². The van der Waals surface area contributed by atoms with Crippen LogP contribution in [0, 0.1) is 11.8 Å².